The minimum Gasteiger partial charge on any atom is -0.482 e. The highest BCUT2D eigenvalue weighted by Crippen LogP contribution is 2.28. The van der Waals surface area contributed by atoms with Crippen LogP contribution in [0.3, 0.4) is 0 Å². The van der Waals surface area contributed by atoms with E-state index in [2.05, 4.69) is 10.6 Å². The number of carbonyl (C=O) groups is 2. The molecule has 0 fully saturated rings. The van der Waals surface area contributed by atoms with E-state index in [-0.39, 0.29) is 31.1 Å². The maximum atomic E-state index is 12.0. The SMILES string of the molecule is CCC(CO)NC(=O)c1ccc2c(c1)OCC(=O)N2. The van der Waals surface area contributed by atoms with Gasteiger partial charge in [-0.2, -0.15) is 0 Å². The average Bonchev–Trinajstić information content (AvgIpc) is 2.43. The van der Waals surface area contributed by atoms with Gasteiger partial charge in [0, 0.05) is 5.56 Å². The van der Waals surface area contributed by atoms with Crippen molar-refractivity contribution in [2.45, 2.75) is 19.4 Å². The lowest BCUT2D eigenvalue weighted by Crippen LogP contribution is -2.37. The highest BCUT2D eigenvalue weighted by atomic mass is 16.5. The zero-order valence-corrected chi connectivity index (χ0v) is 10.6. The number of ether oxygens (including phenoxy) is 1. The summed E-state index contributed by atoms with van der Waals surface area (Å²) in [5.74, 6) is -0.00970. The second-order valence-electron chi connectivity index (χ2n) is 4.31. The highest BCUT2D eigenvalue weighted by molar-refractivity contribution is 5.99. The third-order valence-electron chi connectivity index (χ3n) is 2.93. The van der Waals surface area contributed by atoms with Crippen molar-refractivity contribution in [3.63, 3.8) is 0 Å². The Morgan fingerprint density at radius 3 is 3.05 bits per heavy atom. The van der Waals surface area contributed by atoms with Gasteiger partial charge < -0.3 is 20.5 Å². The lowest BCUT2D eigenvalue weighted by molar-refractivity contribution is -0.118. The smallest absolute Gasteiger partial charge is 0.262 e. The number of anilines is 1. The molecule has 19 heavy (non-hydrogen) atoms. The van der Waals surface area contributed by atoms with E-state index in [1.54, 1.807) is 18.2 Å². The van der Waals surface area contributed by atoms with E-state index in [0.717, 1.165) is 0 Å². The zero-order chi connectivity index (χ0) is 13.8. The van der Waals surface area contributed by atoms with Crippen LogP contribution in [0.2, 0.25) is 0 Å². The van der Waals surface area contributed by atoms with Crippen molar-refractivity contribution in [2.24, 2.45) is 0 Å². The molecule has 2 amide bonds. The minimum atomic E-state index is -0.274. The lowest BCUT2D eigenvalue weighted by Gasteiger charge is -2.19. The second kappa shape index (κ2) is 5.71. The first-order valence-corrected chi connectivity index (χ1v) is 6.12. The van der Waals surface area contributed by atoms with Gasteiger partial charge in [-0.1, -0.05) is 6.92 Å². The molecular formula is C13H16N2O4. The van der Waals surface area contributed by atoms with Gasteiger partial charge in [0.05, 0.1) is 18.3 Å². The molecule has 3 N–H and O–H groups in total. The number of amides is 2. The largest absolute Gasteiger partial charge is 0.482 e. The molecule has 1 unspecified atom stereocenters. The minimum absolute atomic E-state index is 0.0493. The summed E-state index contributed by atoms with van der Waals surface area (Å²) in [5.41, 5.74) is 0.990. The van der Waals surface area contributed by atoms with Crippen LogP contribution < -0.4 is 15.4 Å². The number of hydrogen-bond acceptors (Lipinski definition) is 4. The Labute approximate surface area is 110 Å². The van der Waals surface area contributed by atoms with E-state index in [1.165, 1.54) is 0 Å². The molecule has 1 aliphatic rings. The number of rotatable bonds is 4. The fraction of sp³-hybridized carbons (Fsp3) is 0.385. The monoisotopic (exact) mass is 264 g/mol. The first-order chi connectivity index (χ1) is 9.13. The maximum absolute atomic E-state index is 12.0. The standard InChI is InChI=1S/C13H16N2O4/c1-2-9(6-16)14-13(18)8-3-4-10-11(5-8)19-7-12(17)15-10/h3-5,9,16H,2,6-7H2,1H3,(H,14,18)(H,15,17). The number of aliphatic hydroxyl groups is 1. The summed E-state index contributed by atoms with van der Waals surface area (Å²) in [6.07, 6.45) is 0.653. The average molecular weight is 264 g/mol. The van der Waals surface area contributed by atoms with Gasteiger partial charge in [-0.25, -0.2) is 0 Å². The molecule has 102 valence electrons. The number of nitrogens with one attached hydrogen (secondary N) is 2. The predicted molar refractivity (Wildman–Crippen MR) is 69.2 cm³/mol. The van der Waals surface area contributed by atoms with Gasteiger partial charge in [0.15, 0.2) is 6.61 Å². The summed E-state index contributed by atoms with van der Waals surface area (Å²) in [4.78, 5) is 23.1. The highest BCUT2D eigenvalue weighted by Gasteiger charge is 2.18. The fourth-order valence-corrected chi connectivity index (χ4v) is 1.76. The molecule has 6 heteroatoms. The van der Waals surface area contributed by atoms with Gasteiger partial charge in [0.1, 0.15) is 5.75 Å². The molecule has 0 aromatic heterocycles. The first-order valence-electron chi connectivity index (χ1n) is 6.12. The molecule has 1 aliphatic heterocycles. The normalized spacial score (nSPS) is 14.9. The summed E-state index contributed by atoms with van der Waals surface area (Å²) in [6.45, 7) is 1.73. The number of aliphatic hydroxyl groups excluding tert-OH is 1. The predicted octanol–water partition coefficient (Wildman–Crippen LogP) is 0.518. The number of fused-ring (bicyclic) bond motifs is 1. The molecule has 2 rings (SSSR count). The van der Waals surface area contributed by atoms with E-state index in [9.17, 15) is 9.59 Å². The summed E-state index contributed by atoms with van der Waals surface area (Å²) in [7, 11) is 0. The summed E-state index contributed by atoms with van der Waals surface area (Å²) >= 11 is 0. The van der Waals surface area contributed by atoms with Crippen LogP contribution in [-0.4, -0.2) is 36.2 Å². The fourth-order valence-electron chi connectivity index (χ4n) is 1.76. The zero-order valence-electron chi connectivity index (χ0n) is 10.6. The van der Waals surface area contributed by atoms with Crippen LogP contribution in [0.15, 0.2) is 18.2 Å². The molecule has 0 saturated carbocycles. The Kier molecular flexibility index (Phi) is 4.01. The van der Waals surface area contributed by atoms with E-state index < -0.39 is 0 Å². The number of carbonyl (C=O) groups excluding carboxylic acids is 2. The lowest BCUT2D eigenvalue weighted by atomic mass is 10.1. The Morgan fingerprint density at radius 2 is 2.37 bits per heavy atom. The Morgan fingerprint density at radius 1 is 1.58 bits per heavy atom. The van der Waals surface area contributed by atoms with Crippen molar-refractivity contribution in [1.82, 2.24) is 5.32 Å². The molecule has 1 atom stereocenters. The van der Waals surface area contributed by atoms with Crippen LogP contribution in [0.5, 0.6) is 5.75 Å². The third kappa shape index (κ3) is 3.03. The number of benzene rings is 1. The molecule has 0 bridgehead atoms. The topological polar surface area (TPSA) is 87.7 Å². The van der Waals surface area contributed by atoms with E-state index >= 15 is 0 Å². The van der Waals surface area contributed by atoms with E-state index in [4.69, 9.17) is 9.84 Å². The first kappa shape index (κ1) is 13.4. The van der Waals surface area contributed by atoms with Crippen LogP contribution in [0.1, 0.15) is 23.7 Å². The van der Waals surface area contributed by atoms with Gasteiger partial charge >= 0.3 is 0 Å². The van der Waals surface area contributed by atoms with E-state index in [0.29, 0.717) is 23.4 Å². The van der Waals surface area contributed by atoms with Gasteiger partial charge in [-0.05, 0) is 24.6 Å². The van der Waals surface area contributed by atoms with Gasteiger partial charge in [0.2, 0.25) is 0 Å². The molecule has 0 radical (unpaired) electrons. The molecule has 0 saturated heterocycles. The van der Waals surface area contributed by atoms with Crippen molar-refractivity contribution in [3.05, 3.63) is 23.8 Å². The molecule has 1 heterocycles. The van der Waals surface area contributed by atoms with Crippen LogP contribution in [0.4, 0.5) is 5.69 Å². The van der Waals surface area contributed by atoms with Crippen LogP contribution >= 0.6 is 0 Å². The van der Waals surface area contributed by atoms with Crippen LogP contribution in [0.25, 0.3) is 0 Å². The Hall–Kier alpha value is -2.08. The summed E-state index contributed by atoms with van der Waals surface area (Å²) in [5, 5.41) is 14.4. The van der Waals surface area contributed by atoms with E-state index in [1.807, 2.05) is 6.92 Å². The molecule has 0 aliphatic carbocycles. The van der Waals surface area contributed by atoms with Crippen molar-refractivity contribution >= 4 is 17.5 Å². The van der Waals surface area contributed by atoms with Crippen LogP contribution in [0, 0.1) is 0 Å². The maximum Gasteiger partial charge on any atom is 0.262 e. The van der Waals surface area contributed by atoms with Crippen molar-refractivity contribution in [2.75, 3.05) is 18.5 Å². The van der Waals surface area contributed by atoms with Gasteiger partial charge in [-0.3, -0.25) is 9.59 Å². The third-order valence-corrected chi connectivity index (χ3v) is 2.93. The van der Waals surface area contributed by atoms with Gasteiger partial charge in [0.25, 0.3) is 11.8 Å². The second-order valence-corrected chi connectivity index (χ2v) is 4.31. The quantitative estimate of drug-likeness (QED) is 0.739. The molecule has 0 spiro atoms. The molecule has 6 nitrogen and oxygen atoms in total. The van der Waals surface area contributed by atoms with Crippen LogP contribution in [-0.2, 0) is 4.79 Å². The van der Waals surface area contributed by atoms with Crippen molar-refractivity contribution in [3.8, 4) is 5.75 Å². The van der Waals surface area contributed by atoms with Crippen molar-refractivity contribution in [1.29, 1.82) is 0 Å². The van der Waals surface area contributed by atoms with Crippen molar-refractivity contribution < 1.29 is 19.4 Å². The summed E-state index contributed by atoms with van der Waals surface area (Å²) in [6, 6.07) is 4.55. The summed E-state index contributed by atoms with van der Waals surface area (Å²) < 4.78 is 5.24. The molecule has 1 aromatic carbocycles. The van der Waals surface area contributed by atoms with Gasteiger partial charge in [-0.15, -0.1) is 0 Å². The molecule has 1 aromatic rings. The molecular weight excluding hydrogens is 248 g/mol. The Balaban J connectivity index is 2.13. The Bertz CT molecular complexity index is 497. The number of hydrogen-bond donors (Lipinski definition) is 3.